The van der Waals surface area contributed by atoms with E-state index in [2.05, 4.69) is 4.90 Å². The van der Waals surface area contributed by atoms with Crippen molar-refractivity contribution >= 4 is 5.97 Å². The number of rotatable bonds is 6. The monoisotopic (exact) mass is 299 g/mol. The van der Waals surface area contributed by atoms with Crippen molar-refractivity contribution in [2.24, 2.45) is 0 Å². The lowest BCUT2D eigenvalue weighted by molar-refractivity contribution is -0.151. The van der Waals surface area contributed by atoms with Crippen LogP contribution in [0.25, 0.3) is 0 Å². The number of carbonyl (C=O) groups excluding carboxylic acids is 1. The van der Waals surface area contributed by atoms with Crippen LogP contribution >= 0.6 is 0 Å². The summed E-state index contributed by atoms with van der Waals surface area (Å²) in [5.74, 6) is 0.377. The van der Waals surface area contributed by atoms with E-state index in [0.717, 1.165) is 19.6 Å². The van der Waals surface area contributed by atoms with Crippen molar-refractivity contribution in [3.8, 4) is 5.75 Å². The second kappa shape index (κ2) is 8.82. The van der Waals surface area contributed by atoms with Gasteiger partial charge in [0.05, 0.1) is 0 Å². The third-order valence-electron chi connectivity index (χ3n) is 3.15. The van der Waals surface area contributed by atoms with Gasteiger partial charge in [-0.3, -0.25) is 4.90 Å². The molecule has 1 aliphatic heterocycles. The summed E-state index contributed by atoms with van der Waals surface area (Å²) >= 11 is 0. The van der Waals surface area contributed by atoms with Gasteiger partial charge in [0, 0.05) is 6.54 Å². The molecule has 4 nitrogen and oxygen atoms in total. The zero-order valence-electron chi connectivity index (χ0n) is 12.8. The van der Waals surface area contributed by atoms with Crippen LogP contribution in [-0.4, -0.2) is 43.2 Å². The van der Waals surface area contributed by atoms with Crippen LogP contribution in [0.2, 0.25) is 0 Å². The second-order valence-corrected chi connectivity index (χ2v) is 4.91. The highest BCUT2D eigenvalue weighted by molar-refractivity contribution is 5.71. The molecule has 2 rings (SSSR count). The summed E-state index contributed by atoms with van der Waals surface area (Å²) in [6.07, 6.45) is 2.42. The van der Waals surface area contributed by atoms with Crippen molar-refractivity contribution in [2.45, 2.75) is 25.9 Å². The zero-order chi connectivity index (χ0) is 13.5. The van der Waals surface area contributed by atoms with E-state index in [1.165, 1.54) is 12.8 Å². The Hall–Kier alpha value is -1.26. The summed E-state index contributed by atoms with van der Waals surface area (Å²) in [6.45, 7) is 4.94. The van der Waals surface area contributed by atoms with Crippen LogP contribution in [0.3, 0.4) is 0 Å². The van der Waals surface area contributed by atoms with Gasteiger partial charge in [0.2, 0.25) is 0 Å². The molecule has 1 heterocycles. The van der Waals surface area contributed by atoms with E-state index in [4.69, 9.17) is 9.47 Å². The number of halogens is 1. The molecule has 0 radical (unpaired) electrons. The first kappa shape index (κ1) is 16.8. The fraction of sp³-hybridized carbons (Fsp3) is 0.533. The van der Waals surface area contributed by atoms with E-state index in [0.29, 0.717) is 5.75 Å². The molecule has 0 amide bonds. The number of ether oxygens (including phenoxy) is 2. The molecule has 1 fully saturated rings. The van der Waals surface area contributed by atoms with Crippen LogP contribution in [-0.2, 0) is 9.53 Å². The minimum Gasteiger partial charge on any atom is -1.00 e. The Labute approximate surface area is 127 Å². The van der Waals surface area contributed by atoms with Crippen LogP contribution < -0.4 is 17.1 Å². The van der Waals surface area contributed by atoms with Crippen molar-refractivity contribution in [1.82, 2.24) is 4.90 Å². The van der Waals surface area contributed by atoms with E-state index < -0.39 is 0 Å². The van der Waals surface area contributed by atoms with Crippen molar-refractivity contribution < 1.29 is 28.1 Å². The smallest absolute Gasteiger partial charge is 1.00 e. The Balaban J connectivity index is 0.00000200. The average Bonchev–Trinajstić information content (AvgIpc) is 2.90. The normalized spacial score (nSPS) is 16.2. The Morgan fingerprint density at radius 1 is 1.30 bits per heavy atom. The highest BCUT2D eigenvalue weighted by Gasteiger charge is 2.17. The number of likely N-dealkylation sites (tertiary alicyclic amines) is 1. The fourth-order valence-electron chi connectivity index (χ4n) is 2.28. The van der Waals surface area contributed by atoms with Crippen molar-refractivity contribution in [3.05, 3.63) is 30.3 Å². The number of benzene rings is 1. The van der Waals surface area contributed by atoms with Gasteiger partial charge in [0.15, 0.2) is 6.61 Å². The van der Waals surface area contributed by atoms with Crippen LogP contribution in [0, 0.1) is 0 Å². The van der Waals surface area contributed by atoms with Gasteiger partial charge < -0.3 is 21.9 Å². The quantitative estimate of drug-likeness (QED) is 0.646. The van der Waals surface area contributed by atoms with E-state index in [9.17, 15) is 4.79 Å². The summed E-state index contributed by atoms with van der Waals surface area (Å²) < 4.78 is 10.7. The molecule has 1 saturated heterocycles. The second-order valence-electron chi connectivity index (χ2n) is 4.91. The van der Waals surface area contributed by atoms with E-state index in [-0.39, 0.29) is 32.5 Å². The molecule has 0 aliphatic carbocycles. The first-order valence-corrected chi connectivity index (χ1v) is 6.84. The summed E-state index contributed by atoms with van der Waals surface area (Å²) in [5, 5.41) is 0. The molecule has 112 valence electrons. The maximum absolute atomic E-state index is 11.6. The Morgan fingerprint density at radius 3 is 2.60 bits per heavy atom. The minimum atomic E-state index is -0.310. The zero-order valence-corrected chi connectivity index (χ0v) is 12.5. The standard InChI is InChI=1S/C15H21NO3.ClH/c1-13(11-16-9-5-6-10-16)19-15(17)12-18-14-7-3-2-4-8-14;/h2-4,7-8,13H,5-6,9-12H2,1H3;1H. The summed E-state index contributed by atoms with van der Waals surface area (Å²) in [7, 11) is 0. The Bertz CT molecular complexity index is 399. The molecule has 1 aliphatic rings. The van der Waals surface area contributed by atoms with Gasteiger partial charge in [-0.25, -0.2) is 4.79 Å². The van der Waals surface area contributed by atoms with Crippen molar-refractivity contribution in [1.29, 1.82) is 0 Å². The van der Waals surface area contributed by atoms with Gasteiger partial charge in [-0.1, -0.05) is 18.2 Å². The summed E-state index contributed by atoms with van der Waals surface area (Å²) in [4.78, 5) is 14.0. The van der Waals surface area contributed by atoms with Gasteiger partial charge in [-0.15, -0.1) is 0 Å². The van der Waals surface area contributed by atoms with E-state index in [1.807, 2.05) is 37.3 Å². The molecule has 1 aromatic rings. The molecule has 0 spiro atoms. The third-order valence-corrected chi connectivity index (χ3v) is 3.15. The molecular weight excluding hydrogens is 278 g/mol. The first-order chi connectivity index (χ1) is 9.24. The summed E-state index contributed by atoms with van der Waals surface area (Å²) in [6, 6.07) is 9.29. The molecule has 0 saturated carbocycles. The van der Waals surface area contributed by atoms with Crippen molar-refractivity contribution in [2.75, 3.05) is 26.2 Å². The molecule has 5 heteroatoms. The maximum atomic E-state index is 11.6. The largest absolute Gasteiger partial charge is 1.00 e. The molecule has 1 aromatic carbocycles. The fourth-order valence-corrected chi connectivity index (χ4v) is 2.28. The highest BCUT2D eigenvalue weighted by Crippen LogP contribution is 2.10. The molecule has 1 unspecified atom stereocenters. The highest BCUT2D eigenvalue weighted by atomic mass is 35.5. The molecule has 0 N–H and O–H groups in total. The lowest BCUT2D eigenvalue weighted by Gasteiger charge is -2.20. The van der Waals surface area contributed by atoms with E-state index in [1.54, 1.807) is 0 Å². The first-order valence-electron chi connectivity index (χ1n) is 6.84. The van der Waals surface area contributed by atoms with Gasteiger partial charge in [-0.05, 0) is 45.0 Å². The number of nitrogens with zero attached hydrogens (tertiary/aromatic N) is 1. The topological polar surface area (TPSA) is 38.8 Å². The third kappa shape index (κ3) is 5.80. The van der Waals surface area contributed by atoms with Crippen LogP contribution in [0.1, 0.15) is 21.2 Å². The van der Waals surface area contributed by atoms with E-state index >= 15 is 0 Å². The molecule has 20 heavy (non-hydrogen) atoms. The van der Waals surface area contributed by atoms with Gasteiger partial charge in [0.1, 0.15) is 11.9 Å². The average molecular weight is 300 g/mol. The summed E-state index contributed by atoms with van der Waals surface area (Å²) in [5.41, 5.74) is 0. The number of esters is 1. The van der Waals surface area contributed by atoms with Gasteiger partial charge in [0.25, 0.3) is 0 Å². The predicted molar refractivity (Wildman–Crippen MR) is 74.3 cm³/mol. The van der Waals surface area contributed by atoms with Crippen LogP contribution in [0.5, 0.6) is 5.75 Å². The SMILES string of the molecule is CC(CN1CCCC1)OC(=O)COc1ccccc1.[Cl-].[H+]. The number of hydrogen-bond donors (Lipinski definition) is 0. The Kier molecular flexibility index (Phi) is 7.41. The van der Waals surface area contributed by atoms with Gasteiger partial charge in [-0.2, -0.15) is 0 Å². The lowest BCUT2D eigenvalue weighted by atomic mass is 10.3. The number of para-hydroxylation sites is 1. The maximum Gasteiger partial charge on any atom is 1.00 e. The lowest BCUT2D eigenvalue weighted by Crippen LogP contribution is -3.00. The molecule has 0 aromatic heterocycles. The number of hydrogen-bond acceptors (Lipinski definition) is 4. The van der Waals surface area contributed by atoms with Crippen LogP contribution in [0.4, 0.5) is 0 Å². The van der Waals surface area contributed by atoms with Gasteiger partial charge >= 0.3 is 7.40 Å². The Morgan fingerprint density at radius 2 is 1.95 bits per heavy atom. The van der Waals surface area contributed by atoms with Crippen LogP contribution in [0.15, 0.2) is 30.3 Å². The molecule has 0 bridgehead atoms. The minimum absolute atomic E-state index is 0. The predicted octanol–water partition coefficient (Wildman–Crippen LogP) is -0.791. The van der Waals surface area contributed by atoms with Crippen molar-refractivity contribution in [3.63, 3.8) is 0 Å². The number of carbonyl (C=O) groups is 1. The molecule has 1 atom stereocenters. The molecular formula is C15H22ClNO3.